The molecule has 106 valence electrons. The molecule has 0 unspecified atom stereocenters. The molecule has 9 heteroatoms. The van der Waals surface area contributed by atoms with Crippen molar-refractivity contribution in [3.05, 3.63) is 44.8 Å². The lowest BCUT2D eigenvalue weighted by molar-refractivity contribution is 0.0695. The largest absolute Gasteiger partial charge is 0.477 e. The lowest BCUT2D eigenvalue weighted by atomic mass is 10.1. The standard InChI is InChI=1S/C12H7ClN4O3S/c13-7-3-6(14)8-9(18)5(11(19)20)4-17(10(8)16-7)12-15-1-2-21-12/h1-4H,(H2,14,16)(H,19,20). The maximum Gasteiger partial charge on any atom is 0.341 e. The van der Waals surface area contributed by atoms with Gasteiger partial charge in [0.2, 0.25) is 5.43 Å². The van der Waals surface area contributed by atoms with Crippen molar-refractivity contribution in [2.24, 2.45) is 0 Å². The first-order valence-corrected chi connectivity index (χ1v) is 6.89. The Morgan fingerprint density at radius 3 is 2.86 bits per heavy atom. The van der Waals surface area contributed by atoms with E-state index in [1.165, 1.54) is 28.2 Å². The van der Waals surface area contributed by atoms with E-state index in [2.05, 4.69) is 9.97 Å². The van der Waals surface area contributed by atoms with Crippen LogP contribution in [0.2, 0.25) is 5.15 Å². The van der Waals surface area contributed by atoms with Gasteiger partial charge < -0.3 is 10.8 Å². The Bertz CT molecular complexity index is 920. The minimum absolute atomic E-state index is 0.00880. The zero-order chi connectivity index (χ0) is 15.1. The number of halogens is 1. The van der Waals surface area contributed by atoms with Crippen molar-refractivity contribution >= 4 is 45.6 Å². The summed E-state index contributed by atoms with van der Waals surface area (Å²) in [6.07, 6.45) is 2.73. The fourth-order valence-electron chi connectivity index (χ4n) is 1.94. The number of nitrogen functional groups attached to an aromatic ring is 1. The zero-order valence-electron chi connectivity index (χ0n) is 10.3. The second-order valence-corrected chi connectivity index (χ2v) is 5.35. The molecule has 3 rings (SSSR count). The lowest BCUT2D eigenvalue weighted by Crippen LogP contribution is -2.20. The van der Waals surface area contributed by atoms with Gasteiger partial charge >= 0.3 is 5.97 Å². The molecule has 3 heterocycles. The Hall–Kier alpha value is -2.45. The molecule has 21 heavy (non-hydrogen) atoms. The van der Waals surface area contributed by atoms with Crippen molar-refractivity contribution in [1.29, 1.82) is 0 Å². The number of aromatic nitrogens is 3. The first-order chi connectivity index (χ1) is 9.99. The Kier molecular flexibility index (Phi) is 3.11. The lowest BCUT2D eigenvalue weighted by Gasteiger charge is -2.10. The summed E-state index contributed by atoms with van der Waals surface area (Å²) in [5.41, 5.74) is 4.93. The van der Waals surface area contributed by atoms with Gasteiger partial charge in [-0.15, -0.1) is 11.3 Å². The number of fused-ring (bicyclic) bond motifs is 1. The normalized spacial score (nSPS) is 10.9. The van der Waals surface area contributed by atoms with Crippen molar-refractivity contribution in [3.8, 4) is 5.13 Å². The highest BCUT2D eigenvalue weighted by Gasteiger charge is 2.19. The second kappa shape index (κ2) is 4.83. The third-order valence-corrected chi connectivity index (χ3v) is 3.78. The Balaban J connectivity index is 2.55. The van der Waals surface area contributed by atoms with E-state index < -0.39 is 17.0 Å². The van der Waals surface area contributed by atoms with Gasteiger partial charge in [0, 0.05) is 23.5 Å². The number of rotatable bonds is 2. The van der Waals surface area contributed by atoms with Crippen LogP contribution < -0.4 is 11.2 Å². The number of hydrogen-bond donors (Lipinski definition) is 2. The molecule has 0 bridgehead atoms. The van der Waals surface area contributed by atoms with Gasteiger partial charge in [-0.1, -0.05) is 11.6 Å². The molecule has 0 aromatic carbocycles. The maximum absolute atomic E-state index is 12.2. The summed E-state index contributed by atoms with van der Waals surface area (Å²) in [5.74, 6) is -1.35. The van der Waals surface area contributed by atoms with E-state index in [1.807, 2.05) is 0 Å². The molecule has 3 aromatic rings. The molecule has 0 aliphatic rings. The Morgan fingerprint density at radius 1 is 1.48 bits per heavy atom. The highest BCUT2D eigenvalue weighted by molar-refractivity contribution is 7.12. The van der Waals surface area contributed by atoms with Crippen LogP contribution >= 0.6 is 22.9 Å². The molecule has 3 aromatic heterocycles. The molecule has 0 aliphatic carbocycles. The van der Waals surface area contributed by atoms with Crippen LogP contribution in [0.25, 0.3) is 16.2 Å². The third kappa shape index (κ3) is 2.14. The highest BCUT2D eigenvalue weighted by atomic mass is 35.5. The van der Waals surface area contributed by atoms with Gasteiger partial charge in [0.05, 0.1) is 5.39 Å². The predicted octanol–water partition coefficient (Wildman–Crippen LogP) is 1.78. The SMILES string of the molecule is Nc1cc(Cl)nc2c1c(=O)c(C(=O)O)cn2-c1nccs1. The number of nitrogens with two attached hydrogens (primary N) is 1. The number of pyridine rings is 2. The van der Waals surface area contributed by atoms with E-state index in [1.54, 1.807) is 11.6 Å². The summed E-state index contributed by atoms with van der Waals surface area (Å²) in [5, 5.41) is 11.5. The van der Waals surface area contributed by atoms with Crippen LogP contribution in [0.3, 0.4) is 0 Å². The molecule has 0 amide bonds. The second-order valence-electron chi connectivity index (χ2n) is 4.09. The summed E-state index contributed by atoms with van der Waals surface area (Å²) in [7, 11) is 0. The van der Waals surface area contributed by atoms with Crippen LogP contribution in [0.5, 0.6) is 0 Å². The number of anilines is 1. The molecule has 0 spiro atoms. The number of nitrogens with zero attached hydrogens (tertiary/aromatic N) is 3. The van der Waals surface area contributed by atoms with Crippen LogP contribution in [0.15, 0.2) is 28.6 Å². The molecule has 0 aliphatic heterocycles. The van der Waals surface area contributed by atoms with Gasteiger partial charge in [-0.25, -0.2) is 14.8 Å². The van der Waals surface area contributed by atoms with E-state index in [0.717, 1.165) is 0 Å². The zero-order valence-corrected chi connectivity index (χ0v) is 11.9. The van der Waals surface area contributed by atoms with Crippen molar-refractivity contribution in [2.45, 2.75) is 0 Å². The molecule has 7 nitrogen and oxygen atoms in total. The van der Waals surface area contributed by atoms with Gasteiger partial charge in [0.25, 0.3) is 0 Å². The quantitative estimate of drug-likeness (QED) is 0.696. The van der Waals surface area contributed by atoms with Crippen LogP contribution in [0, 0.1) is 0 Å². The molecule has 0 fully saturated rings. The number of carboxylic acid groups (broad SMARTS) is 1. The van der Waals surface area contributed by atoms with E-state index in [-0.39, 0.29) is 21.9 Å². The summed E-state index contributed by atoms with van der Waals surface area (Å²) in [6, 6.07) is 1.31. The van der Waals surface area contributed by atoms with Gasteiger partial charge in [-0.2, -0.15) is 0 Å². The summed E-state index contributed by atoms with van der Waals surface area (Å²) >= 11 is 7.13. The van der Waals surface area contributed by atoms with Gasteiger partial charge in [0.1, 0.15) is 10.7 Å². The smallest absolute Gasteiger partial charge is 0.341 e. The van der Waals surface area contributed by atoms with Crippen LogP contribution in [-0.4, -0.2) is 25.6 Å². The molecular formula is C12H7ClN4O3S. The van der Waals surface area contributed by atoms with Crippen LogP contribution in [0.1, 0.15) is 10.4 Å². The number of hydrogen-bond acceptors (Lipinski definition) is 6. The number of aromatic carboxylic acids is 1. The highest BCUT2D eigenvalue weighted by Crippen LogP contribution is 2.24. The Morgan fingerprint density at radius 2 is 2.24 bits per heavy atom. The number of carboxylic acids is 1. The molecule has 0 atom stereocenters. The van der Waals surface area contributed by atoms with Gasteiger partial charge in [-0.3, -0.25) is 9.36 Å². The van der Waals surface area contributed by atoms with Gasteiger partial charge in [0.15, 0.2) is 10.8 Å². The molecular weight excluding hydrogens is 316 g/mol. The monoisotopic (exact) mass is 322 g/mol. The van der Waals surface area contributed by atoms with E-state index in [0.29, 0.717) is 5.13 Å². The summed E-state index contributed by atoms with van der Waals surface area (Å²) in [4.78, 5) is 31.7. The van der Waals surface area contributed by atoms with Crippen LogP contribution in [0.4, 0.5) is 5.69 Å². The van der Waals surface area contributed by atoms with E-state index in [4.69, 9.17) is 17.3 Å². The Labute approximate surface area is 126 Å². The summed E-state index contributed by atoms with van der Waals surface area (Å²) < 4.78 is 1.40. The van der Waals surface area contributed by atoms with Gasteiger partial charge in [-0.05, 0) is 6.07 Å². The van der Waals surface area contributed by atoms with E-state index >= 15 is 0 Å². The van der Waals surface area contributed by atoms with Crippen molar-refractivity contribution in [2.75, 3.05) is 5.73 Å². The fourth-order valence-corrected chi connectivity index (χ4v) is 2.76. The fraction of sp³-hybridized carbons (Fsp3) is 0. The first-order valence-electron chi connectivity index (χ1n) is 5.63. The molecule has 0 saturated carbocycles. The molecule has 0 saturated heterocycles. The van der Waals surface area contributed by atoms with Crippen LogP contribution in [-0.2, 0) is 0 Å². The maximum atomic E-state index is 12.2. The minimum atomic E-state index is -1.35. The first kappa shape index (κ1) is 13.5. The summed E-state index contributed by atoms with van der Waals surface area (Å²) in [6.45, 7) is 0. The van der Waals surface area contributed by atoms with Crippen molar-refractivity contribution in [3.63, 3.8) is 0 Å². The third-order valence-electron chi connectivity index (χ3n) is 2.81. The van der Waals surface area contributed by atoms with E-state index in [9.17, 15) is 14.7 Å². The topological polar surface area (TPSA) is 111 Å². The average molecular weight is 323 g/mol. The number of carbonyl (C=O) groups is 1. The van der Waals surface area contributed by atoms with Crippen molar-refractivity contribution in [1.82, 2.24) is 14.5 Å². The average Bonchev–Trinajstić information content (AvgIpc) is 2.91. The predicted molar refractivity (Wildman–Crippen MR) is 79.4 cm³/mol. The molecule has 3 N–H and O–H groups in total. The minimum Gasteiger partial charge on any atom is -0.477 e. The van der Waals surface area contributed by atoms with Crippen molar-refractivity contribution < 1.29 is 9.90 Å². The number of thiazole rings is 1. The molecule has 0 radical (unpaired) electrons.